The molecule has 3 heteroatoms. The van der Waals surface area contributed by atoms with E-state index in [1.807, 2.05) is 29.2 Å². The standard InChI is InChI=1S/C13H17N3/c1-2-14-13(11-16-10-6-9-15-16)12-7-4-3-5-8-12/h3-10,13-14H,2,11H2,1H3. The average Bonchev–Trinajstić information content (AvgIpc) is 2.83. The lowest BCUT2D eigenvalue weighted by atomic mass is 10.1. The SMILES string of the molecule is CCNC(Cn1cccn1)c1ccccc1. The zero-order chi connectivity index (χ0) is 11.2. The summed E-state index contributed by atoms with van der Waals surface area (Å²) in [7, 11) is 0. The highest BCUT2D eigenvalue weighted by molar-refractivity contribution is 5.18. The van der Waals surface area contributed by atoms with Crippen molar-refractivity contribution in [1.82, 2.24) is 15.1 Å². The van der Waals surface area contributed by atoms with Gasteiger partial charge in [0.15, 0.2) is 0 Å². The predicted molar refractivity (Wildman–Crippen MR) is 65.1 cm³/mol. The van der Waals surface area contributed by atoms with Crippen LogP contribution in [0.3, 0.4) is 0 Å². The predicted octanol–water partition coefficient (Wildman–Crippen LogP) is 2.23. The van der Waals surface area contributed by atoms with Crippen molar-refractivity contribution >= 4 is 0 Å². The highest BCUT2D eigenvalue weighted by atomic mass is 15.3. The van der Waals surface area contributed by atoms with Crippen molar-refractivity contribution in [3.63, 3.8) is 0 Å². The van der Waals surface area contributed by atoms with Crippen LogP contribution in [0.1, 0.15) is 18.5 Å². The molecule has 2 aromatic rings. The highest BCUT2D eigenvalue weighted by Crippen LogP contribution is 2.14. The van der Waals surface area contributed by atoms with Crippen molar-refractivity contribution < 1.29 is 0 Å². The van der Waals surface area contributed by atoms with Crippen molar-refractivity contribution in [2.24, 2.45) is 0 Å². The van der Waals surface area contributed by atoms with Gasteiger partial charge in [-0.15, -0.1) is 0 Å². The monoisotopic (exact) mass is 215 g/mol. The summed E-state index contributed by atoms with van der Waals surface area (Å²) in [6, 6.07) is 12.8. The van der Waals surface area contributed by atoms with E-state index in [0.717, 1.165) is 13.1 Å². The molecule has 0 radical (unpaired) electrons. The molecule has 1 unspecified atom stereocenters. The van der Waals surface area contributed by atoms with E-state index >= 15 is 0 Å². The van der Waals surface area contributed by atoms with Gasteiger partial charge in [-0.1, -0.05) is 37.3 Å². The fourth-order valence-electron chi connectivity index (χ4n) is 1.82. The summed E-state index contributed by atoms with van der Waals surface area (Å²) < 4.78 is 1.96. The van der Waals surface area contributed by atoms with Gasteiger partial charge >= 0.3 is 0 Å². The van der Waals surface area contributed by atoms with Crippen LogP contribution in [-0.4, -0.2) is 16.3 Å². The van der Waals surface area contributed by atoms with Gasteiger partial charge in [0, 0.05) is 12.4 Å². The van der Waals surface area contributed by atoms with E-state index in [9.17, 15) is 0 Å². The maximum Gasteiger partial charge on any atom is 0.0604 e. The molecule has 0 aliphatic carbocycles. The van der Waals surface area contributed by atoms with Crippen LogP contribution in [-0.2, 0) is 6.54 Å². The zero-order valence-corrected chi connectivity index (χ0v) is 9.50. The molecular formula is C13H17N3. The molecule has 0 fully saturated rings. The van der Waals surface area contributed by atoms with E-state index in [2.05, 4.69) is 41.6 Å². The highest BCUT2D eigenvalue weighted by Gasteiger charge is 2.10. The molecule has 0 aliphatic rings. The Morgan fingerprint density at radius 1 is 1.25 bits per heavy atom. The van der Waals surface area contributed by atoms with Gasteiger partial charge in [0.1, 0.15) is 0 Å². The topological polar surface area (TPSA) is 29.9 Å². The molecule has 1 aromatic heterocycles. The maximum atomic E-state index is 4.24. The van der Waals surface area contributed by atoms with Crippen LogP contribution >= 0.6 is 0 Å². The summed E-state index contributed by atoms with van der Waals surface area (Å²) >= 11 is 0. The van der Waals surface area contributed by atoms with E-state index < -0.39 is 0 Å². The third kappa shape index (κ3) is 2.70. The van der Waals surface area contributed by atoms with Crippen molar-refractivity contribution in [3.8, 4) is 0 Å². The second-order valence-corrected chi connectivity index (χ2v) is 3.75. The summed E-state index contributed by atoms with van der Waals surface area (Å²) in [5.41, 5.74) is 1.31. The number of aromatic nitrogens is 2. The van der Waals surface area contributed by atoms with E-state index in [4.69, 9.17) is 0 Å². The fraction of sp³-hybridized carbons (Fsp3) is 0.308. The number of nitrogens with zero attached hydrogens (tertiary/aromatic N) is 2. The molecule has 16 heavy (non-hydrogen) atoms. The summed E-state index contributed by atoms with van der Waals surface area (Å²) in [6.45, 7) is 3.95. The van der Waals surface area contributed by atoms with Crippen molar-refractivity contribution in [2.75, 3.05) is 6.54 Å². The summed E-state index contributed by atoms with van der Waals surface area (Å²) in [4.78, 5) is 0. The Morgan fingerprint density at radius 2 is 2.06 bits per heavy atom. The minimum absolute atomic E-state index is 0.325. The minimum atomic E-state index is 0.325. The summed E-state index contributed by atoms with van der Waals surface area (Å²) in [6.07, 6.45) is 3.81. The molecule has 3 nitrogen and oxygen atoms in total. The Bertz CT molecular complexity index is 394. The Labute approximate surface area is 96.1 Å². The van der Waals surface area contributed by atoms with Crippen LogP contribution in [0.15, 0.2) is 48.8 Å². The van der Waals surface area contributed by atoms with E-state index in [1.54, 1.807) is 0 Å². The largest absolute Gasteiger partial charge is 0.309 e. The van der Waals surface area contributed by atoms with Crippen molar-refractivity contribution in [2.45, 2.75) is 19.5 Å². The summed E-state index contributed by atoms with van der Waals surface area (Å²) in [5.74, 6) is 0. The molecule has 0 saturated heterocycles. The number of rotatable bonds is 5. The lowest BCUT2D eigenvalue weighted by molar-refractivity contribution is 0.448. The lowest BCUT2D eigenvalue weighted by Crippen LogP contribution is -2.25. The Kier molecular flexibility index (Phi) is 3.72. The molecular weight excluding hydrogens is 198 g/mol. The van der Waals surface area contributed by atoms with Crippen LogP contribution in [0.25, 0.3) is 0 Å². The van der Waals surface area contributed by atoms with Gasteiger partial charge < -0.3 is 5.32 Å². The third-order valence-corrected chi connectivity index (χ3v) is 2.58. The first-order valence-corrected chi connectivity index (χ1v) is 5.66. The molecule has 0 spiro atoms. The van der Waals surface area contributed by atoms with Gasteiger partial charge in [0.2, 0.25) is 0 Å². The van der Waals surface area contributed by atoms with Gasteiger partial charge in [-0.3, -0.25) is 4.68 Å². The number of hydrogen-bond acceptors (Lipinski definition) is 2. The van der Waals surface area contributed by atoms with Gasteiger partial charge in [0.05, 0.1) is 12.6 Å². The molecule has 0 amide bonds. The molecule has 84 valence electrons. The average molecular weight is 215 g/mol. The molecule has 0 aliphatic heterocycles. The van der Waals surface area contributed by atoms with E-state index in [-0.39, 0.29) is 0 Å². The smallest absolute Gasteiger partial charge is 0.0604 e. The number of hydrogen-bond donors (Lipinski definition) is 1. The second-order valence-electron chi connectivity index (χ2n) is 3.75. The van der Waals surface area contributed by atoms with Crippen LogP contribution in [0.4, 0.5) is 0 Å². The molecule has 1 N–H and O–H groups in total. The van der Waals surface area contributed by atoms with E-state index in [1.165, 1.54) is 5.56 Å². The van der Waals surface area contributed by atoms with Crippen LogP contribution < -0.4 is 5.32 Å². The second kappa shape index (κ2) is 5.47. The normalized spacial score (nSPS) is 12.6. The van der Waals surface area contributed by atoms with Crippen LogP contribution in [0.5, 0.6) is 0 Å². The van der Waals surface area contributed by atoms with Gasteiger partial charge in [0.25, 0.3) is 0 Å². The Balaban J connectivity index is 2.11. The van der Waals surface area contributed by atoms with Crippen molar-refractivity contribution in [1.29, 1.82) is 0 Å². The molecule has 1 aromatic carbocycles. The first-order chi connectivity index (χ1) is 7.90. The van der Waals surface area contributed by atoms with Gasteiger partial charge in [-0.2, -0.15) is 5.10 Å². The summed E-state index contributed by atoms with van der Waals surface area (Å²) in [5, 5.41) is 7.72. The quantitative estimate of drug-likeness (QED) is 0.829. The first kappa shape index (κ1) is 10.9. The van der Waals surface area contributed by atoms with E-state index in [0.29, 0.717) is 6.04 Å². The Morgan fingerprint density at radius 3 is 2.69 bits per heavy atom. The van der Waals surface area contributed by atoms with Gasteiger partial charge in [-0.25, -0.2) is 0 Å². The molecule has 1 heterocycles. The molecule has 1 atom stereocenters. The molecule has 0 saturated carbocycles. The minimum Gasteiger partial charge on any atom is -0.309 e. The number of nitrogens with one attached hydrogen (secondary N) is 1. The third-order valence-electron chi connectivity index (χ3n) is 2.58. The molecule has 2 rings (SSSR count). The Hall–Kier alpha value is -1.61. The number of benzene rings is 1. The lowest BCUT2D eigenvalue weighted by Gasteiger charge is -2.18. The van der Waals surface area contributed by atoms with Crippen LogP contribution in [0, 0.1) is 0 Å². The van der Waals surface area contributed by atoms with Crippen molar-refractivity contribution in [3.05, 3.63) is 54.4 Å². The maximum absolute atomic E-state index is 4.24. The fourth-order valence-corrected chi connectivity index (χ4v) is 1.82. The van der Waals surface area contributed by atoms with Gasteiger partial charge in [-0.05, 0) is 18.2 Å². The first-order valence-electron chi connectivity index (χ1n) is 5.66. The molecule has 0 bridgehead atoms. The van der Waals surface area contributed by atoms with Crippen LogP contribution in [0.2, 0.25) is 0 Å². The number of likely N-dealkylation sites (N-methyl/N-ethyl adjacent to an activating group) is 1. The zero-order valence-electron chi connectivity index (χ0n) is 9.50.